The smallest absolute Gasteiger partial charge is 0.406 e. The van der Waals surface area contributed by atoms with Crippen LogP contribution in [0, 0.1) is 13.8 Å². The number of hydrogen-bond donors (Lipinski definition) is 1. The molecule has 1 rings (SSSR count). The van der Waals surface area contributed by atoms with Crippen molar-refractivity contribution in [3.8, 4) is 5.75 Å². The number of rotatable bonds is 5. The monoisotopic (exact) mass is 251 g/mol. The zero-order valence-electron chi connectivity index (χ0n) is 11.5. The molecule has 1 aromatic carbocycles. The van der Waals surface area contributed by atoms with E-state index in [1.54, 1.807) is 0 Å². The number of amides is 1. The van der Waals surface area contributed by atoms with Crippen molar-refractivity contribution in [2.24, 2.45) is 0 Å². The van der Waals surface area contributed by atoms with E-state index < -0.39 is 6.09 Å². The van der Waals surface area contributed by atoms with Gasteiger partial charge in [-0.3, -0.25) is 0 Å². The summed E-state index contributed by atoms with van der Waals surface area (Å²) in [5, 5.41) is 2.67. The summed E-state index contributed by atoms with van der Waals surface area (Å²) in [6, 6.07) is 4.16. The van der Waals surface area contributed by atoms with Gasteiger partial charge in [-0.2, -0.15) is 0 Å². The third kappa shape index (κ3) is 3.95. The largest absolute Gasteiger partial charge is 0.494 e. The van der Waals surface area contributed by atoms with Crippen LogP contribution in [0.5, 0.6) is 5.75 Å². The SMILES string of the molecule is CCOc1cc(C)c(CCNC(=O)OC)cc1C. The quantitative estimate of drug-likeness (QED) is 0.875. The molecule has 4 nitrogen and oxygen atoms in total. The Morgan fingerprint density at radius 2 is 2.00 bits per heavy atom. The van der Waals surface area contributed by atoms with Gasteiger partial charge in [-0.1, -0.05) is 6.07 Å². The predicted octanol–water partition coefficient (Wildman–Crippen LogP) is 2.60. The first-order chi connectivity index (χ1) is 8.58. The van der Waals surface area contributed by atoms with Gasteiger partial charge in [0.2, 0.25) is 0 Å². The maximum Gasteiger partial charge on any atom is 0.406 e. The zero-order valence-corrected chi connectivity index (χ0v) is 11.5. The molecular formula is C14H21NO3. The summed E-state index contributed by atoms with van der Waals surface area (Å²) >= 11 is 0. The fourth-order valence-corrected chi connectivity index (χ4v) is 1.80. The fraction of sp³-hybridized carbons (Fsp3) is 0.500. The number of alkyl carbamates (subject to hydrolysis) is 1. The van der Waals surface area contributed by atoms with Crippen molar-refractivity contribution in [2.45, 2.75) is 27.2 Å². The minimum atomic E-state index is -0.393. The first-order valence-electron chi connectivity index (χ1n) is 6.13. The second-order valence-corrected chi connectivity index (χ2v) is 4.15. The van der Waals surface area contributed by atoms with E-state index in [0.717, 1.165) is 17.7 Å². The lowest BCUT2D eigenvalue weighted by Gasteiger charge is -2.12. The molecule has 0 aliphatic rings. The van der Waals surface area contributed by atoms with E-state index in [1.807, 2.05) is 19.9 Å². The Balaban J connectivity index is 2.66. The fourth-order valence-electron chi connectivity index (χ4n) is 1.80. The second kappa shape index (κ2) is 6.89. The van der Waals surface area contributed by atoms with Crippen LogP contribution in [0.25, 0.3) is 0 Å². The first-order valence-corrected chi connectivity index (χ1v) is 6.13. The van der Waals surface area contributed by atoms with E-state index in [0.29, 0.717) is 13.2 Å². The Bertz CT molecular complexity index is 416. The molecule has 0 radical (unpaired) electrons. The van der Waals surface area contributed by atoms with Crippen LogP contribution in [0.15, 0.2) is 12.1 Å². The van der Waals surface area contributed by atoms with E-state index in [-0.39, 0.29) is 0 Å². The molecule has 0 aliphatic carbocycles. The van der Waals surface area contributed by atoms with Gasteiger partial charge in [0.05, 0.1) is 13.7 Å². The lowest BCUT2D eigenvalue weighted by molar-refractivity contribution is 0.171. The van der Waals surface area contributed by atoms with Crippen LogP contribution in [0.2, 0.25) is 0 Å². The summed E-state index contributed by atoms with van der Waals surface area (Å²) in [6.45, 7) is 7.30. The molecule has 1 aromatic rings. The Kier molecular flexibility index (Phi) is 5.49. The van der Waals surface area contributed by atoms with Crippen molar-refractivity contribution in [1.82, 2.24) is 5.32 Å². The number of carbonyl (C=O) groups excluding carboxylic acids is 1. The van der Waals surface area contributed by atoms with Crippen LogP contribution in [0.1, 0.15) is 23.6 Å². The van der Waals surface area contributed by atoms with Crippen LogP contribution in [-0.2, 0) is 11.2 Å². The Morgan fingerprint density at radius 3 is 2.61 bits per heavy atom. The van der Waals surface area contributed by atoms with Gasteiger partial charge in [0.1, 0.15) is 5.75 Å². The second-order valence-electron chi connectivity index (χ2n) is 4.15. The third-order valence-electron chi connectivity index (χ3n) is 2.78. The maximum atomic E-state index is 10.9. The van der Waals surface area contributed by atoms with Gasteiger partial charge >= 0.3 is 6.09 Å². The van der Waals surface area contributed by atoms with Gasteiger partial charge in [-0.05, 0) is 49.9 Å². The van der Waals surface area contributed by atoms with Crippen molar-refractivity contribution in [1.29, 1.82) is 0 Å². The molecule has 18 heavy (non-hydrogen) atoms. The molecule has 0 saturated heterocycles. The highest BCUT2D eigenvalue weighted by Crippen LogP contribution is 2.23. The average molecular weight is 251 g/mol. The minimum absolute atomic E-state index is 0.393. The topological polar surface area (TPSA) is 47.6 Å². The number of aryl methyl sites for hydroxylation is 2. The molecule has 4 heteroatoms. The number of methoxy groups -OCH3 is 1. The van der Waals surface area contributed by atoms with Gasteiger partial charge in [0, 0.05) is 6.54 Å². The highest BCUT2D eigenvalue weighted by Gasteiger charge is 2.06. The van der Waals surface area contributed by atoms with E-state index in [9.17, 15) is 4.79 Å². The molecule has 0 aromatic heterocycles. The molecule has 1 amide bonds. The average Bonchev–Trinajstić information content (AvgIpc) is 2.35. The molecule has 0 saturated carbocycles. The highest BCUT2D eigenvalue weighted by molar-refractivity contribution is 5.66. The Hall–Kier alpha value is -1.71. The molecular weight excluding hydrogens is 230 g/mol. The molecule has 0 spiro atoms. The molecule has 1 N–H and O–H groups in total. The predicted molar refractivity (Wildman–Crippen MR) is 71.2 cm³/mol. The van der Waals surface area contributed by atoms with E-state index in [1.165, 1.54) is 18.2 Å². The molecule has 0 aliphatic heterocycles. The molecule has 0 heterocycles. The van der Waals surface area contributed by atoms with Crippen LogP contribution in [0.3, 0.4) is 0 Å². The minimum Gasteiger partial charge on any atom is -0.494 e. The lowest BCUT2D eigenvalue weighted by atomic mass is 10.0. The van der Waals surface area contributed by atoms with Gasteiger partial charge in [0.15, 0.2) is 0 Å². The van der Waals surface area contributed by atoms with E-state index >= 15 is 0 Å². The van der Waals surface area contributed by atoms with Crippen molar-refractivity contribution in [3.05, 3.63) is 28.8 Å². The van der Waals surface area contributed by atoms with Gasteiger partial charge < -0.3 is 14.8 Å². The van der Waals surface area contributed by atoms with Crippen molar-refractivity contribution < 1.29 is 14.3 Å². The molecule has 0 bridgehead atoms. The summed E-state index contributed by atoms with van der Waals surface area (Å²) in [4.78, 5) is 10.9. The number of nitrogens with one attached hydrogen (secondary N) is 1. The van der Waals surface area contributed by atoms with Crippen LogP contribution < -0.4 is 10.1 Å². The van der Waals surface area contributed by atoms with Crippen molar-refractivity contribution >= 4 is 6.09 Å². The number of benzene rings is 1. The first kappa shape index (κ1) is 14.4. The van der Waals surface area contributed by atoms with Crippen LogP contribution >= 0.6 is 0 Å². The lowest BCUT2D eigenvalue weighted by Crippen LogP contribution is -2.25. The summed E-state index contributed by atoms with van der Waals surface area (Å²) in [5.41, 5.74) is 3.51. The number of hydrogen-bond acceptors (Lipinski definition) is 3. The van der Waals surface area contributed by atoms with Gasteiger partial charge in [-0.15, -0.1) is 0 Å². The molecule has 100 valence electrons. The van der Waals surface area contributed by atoms with Crippen LogP contribution in [-0.4, -0.2) is 26.4 Å². The summed E-state index contributed by atoms with van der Waals surface area (Å²) in [7, 11) is 1.36. The standard InChI is InChI=1S/C14H21NO3/c1-5-18-13-9-10(2)12(8-11(13)3)6-7-15-14(16)17-4/h8-9H,5-7H2,1-4H3,(H,15,16). The summed E-state index contributed by atoms with van der Waals surface area (Å²) < 4.78 is 10.1. The Morgan fingerprint density at radius 1 is 1.28 bits per heavy atom. The molecule has 0 unspecified atom stereocenters. The van der Waals surface area contributed by atoms with E-state index in [2.05, 4.69) is 23.0 Å². The molecule has 0 atom stereocenters. The van der Waals surface area contributed by atoms with Crippen molar-refractivity contribution in [3.63, 3.8) is 0 Å². The van der Waals surface area contributed by atoms with Gasteiger partial charge in [0.25, 0.3) is 0 Å². The van der Waals surface area contributed by atoms with Crippen molar-refractivity contribution in [2.75, 3.05) is 20.3 Å². The normalized spacial score (nSPS) is 10.0. The highest BCUT2D eigenvalue weighted by atomic mass is 16.5. The van der Waals surface area contributed by atoms with E-state index in [4.69, 9.17) is 4.74 Å². The Labute approximate surface area is 108 Å². The summed E-state index contributed by atoms with van der Waals surface area (Å²) in [6.07, 6.45) is 0.393. The number of carbonyl (C=O) groups is 1. The molecule has 0 fully saturated rings. The maximum absolute atomic E-state index is 10.9. The number of ether oxygens (including phenoxy) is 2. The van der Waals surface area contributed by atoms with Gasteiger partial charge in [-0.25, -0.2) is 4.79 Å². The zero-order chi connectivity index (χ0) is 13.5. The van der Waals surface area contributed by atoms with Crippen LogP contribution in [0.4, 0.5) is 4.79 Å². The summed E-state index contributed by atoms with van der Waals surface area (Å²) in [5.74, 6) is 0.930. The third-order valence-corrected chi connectivity index (χ3v) is 2.78.